The lowest BCUT2D eigenvalue weighted by atomic mass is 9.85. The number of nitrogens with zero attached hydrogens (tertiary/aromatic N) is 2. The maximum Gasteiger partial charge on any atom is 0.338 e. The number of ether oxygens (including phenoxy) is 1. The highest BCUT2D eigenvalue weighted by Gasteiger charge is 2.44. The third-order valence-corrected chi connectivity index (χ3v) is 6.27. The van der Waals surface area contributed by atoms with E-state index in [0.717, 1.165) is 11.1 Å². The number of nitrogens with one attached hydrogen (secondary N) is 1. The first-order valence-electron chi connectivity index (χ1n) is 11.6. The fourth-order valence-electron chi connectivity index (χ4n) is 4.47. The average Bonchev–Trinajstić information content (AvgIpc) is 3.57. The zero-order valence-corrected chi connectivity index (χ0v) is 20.2. The zero-order chi connectivity index (χ0) is 24.7. The van der Waals surface area contributed by atoms with Gasteiger partial charge < -0.3 is 9.15 Å². The molecule has 0 saturated carbocycles. The highest BCUT2D eigenvalue weighted by Crippen LogP contribution is 2.45. The number of amides is 1. The summed E-state index contributed by atoms with van der Waals surface area (Å²) in [6, 6.07) is 18.4. The van der Waals surface area contributed by atoms with Crippen molar-refractivity contribution >= 4 is 17.6 Å². The molecule has 0 spiro atoms. The first-order chi connectivity index (χ1) is 16.8. The molecule has 0 fully saturated rings. The number of anilines is 1. The number of esters is 1. The minimum Gasteiger partial charge on any atom is -0.463 e. The van der Waals surface area contributed by atoms with Crippen LogP contribution in [-0.2, 0) is 10.2 Å². The molecular weight excluding hydrogens is 442 g/mol. The number of benzene rings is 2. The Hall–Kier alpha value is -4.13. The van der Waals surface area contributed by atoms with Gasteiger partial charge in [-0.05, 0) is 59.9 Å². The Morgan fingerprint density at radius 1 is 1.09 bits per heavy atom. The number of furan rings is 1. The molecule has 1 aliphatic rings. The van der Waals surface area contributed by atoms with Gasteiger partial charge in [-0.2, -0.15) is 5.10 Å². The van der Waals surface area contributed by atoms with E-state index in [9.17, 15) is 9.59 Å². The SMILES string of the molecule is CCOC(=O)c1ccc(N2C(=O)c3n[nH]c(-c4ccco4)c3[C@H]2c2ccc(C(C)(C)C)cc2)cc1. The summed E-state index contributed by atoms with van der Waals surface area (Å²) in [6.07, 6.45) is 1.60. The predicted molar refractivity (Wildman–Crippen MR) is 132 cm³/mol. The second-order valence-corrected chi connectivity index (χ2v) is 9.56. The van der Waals surface area contributed by atoms with Crippen molar-refractivity contribution in [2.45, 2.75) is 39.2 Å². The minimum atomic E-state index is -0.418. The molecule has 0 aliphatic carbocycles. The van der Waals surface area contributed by atoms with E-state index in [1.54, 1.807) is 48.4 Å². The Labute approximate surface area is 203 Å². The number of aromatic nitrogens is 2. The van der Waals surface area contributed by atoms with E-state index in [4.69, 9.17) is 9.15 Å². The van der Waals surface area contributed by atoms with Crippen LogP contribution in [0.25, 0.3) is 11.5 Å². The Kier molecular flexibility index (Phi) is 5.55. The molecule has 3 heterocycles. The summed E-state index contributed by atoms with van der Waals surface area (Å²) >= 11 is 0. The molecule has 2 aromatic carbocycles. The van der Waals surface area contributed by atoms with Gasteiger partial charge in [-0.1, -0.05) is 45.0 Å². The molecule has 1 amide bonds. The van der Waals surface area contributed by atoms with Gasteiger partial charge in [0.1, 0.15) is 5.69 Å². The molecule has 0 saturated heterocycles. The number of hydrogen-bond acceptors (Lipinski definition) is 5. The second-order valence-electron chi connectivity index (χ2n) is 9.56. The maximum atomic E-state index is 13.6. The van der Waals surface area contributed by atoms with E-state index in [1.807, 2.05) is 6.07 Å². The molecule has 1 N–H and O–H groups in total. The minimum absolute atomic E-state index is 0.00672. The van der Waals surface area contributed by atoms with E-state index in [1.165, 1.54) is 5.56 Å². The number of hydrogen-bond donors (Lipinski definition) is 1. The fraction of sp³-hybridized carbons (Fsp3) is 0.250. The van der Waals surface area contributed by atoms with Crippen molar-refractivity contribution in [2.24, 2.45) is 0 Å². The highest BCUT2D eigenvalue weighted by molar-refractivity contribution is 6.11. The first-order valence-corrected chi connectivity index (χ1v) is 11.6. The number of H-pyrrole nitrogens is 1. The predicted octanol–water partition coefficient (Wildman–Crippen LogP) is 5.89. The van der Waals surface area contributed by atoms with Crippen LogP contribution in [0, 0.1) is 0 Å². The molecule has 1 atom stereocenters. The number of carbonyl (C=O) groups excluding carboxylic acids is 2. The van der Waals surface area contributed by atoms with Crippen molar-refractivity contribution in [3.05, 3.63) is 94.9 Å². The van der Waals surface area contributed by atoms with E-state index in [-0.39, 0.29) is 11.3 Å². The quantitative estimate of drug-likeness (QED) is 0.368. The van der Waals surface area contributed by atoms with Crippen molar-refractivity contribution in [1.29, 1.82) is 0 Å². The summed E-state index contributed by atoms with van der Waals surface area (Å²) in [4.78, 5) is 27.5. The largest absolute Gasteiger partial charge is 0.463 e. The van der Waals surface area contributed by atoms with Gasteiger partial charge in [0, 0.05) is 11.3 Å². The van der Waals surface area contributed by atoms with E-state index in [2.05, 4.69) is 55.2 Å². The average molecular weight is 470 g/mol. The molecule has 35 heavy (non-hydrogen) atoms. The van der Waals surface area contributed by atoms with Gasteiger partial charge in [0.15, 0.2) is 11.5 Å². The van der Waals surface area contributed by atoms with Gasteiger partial charge in [0.2, 0.25) is 0 Å². The second kappa shape index (κ2) is 8.58. The third-order valence-electron chi connectivity index (χ3n) is 6.27. The van der Waals surface area contributed by atoms with Crippen LogP contribution in [0.1, 0.15) is 71.3 Å². The van der Waals surface area contributed by atoms with Crippen LogP contribution in [0.15, 0.2) is 71.3 Å². The molecule has 7 heteroatoms. The first kappa shape index (κ1) is 22.7. The standard InChI is InChI=1S/C28H27N3O4/c1-5-34-27(33)18-10-14-20(15-11-18)31-25(17-8-12-19(13-9-17)28(2,3)4)22-23(21-7-6-16-35-21)29-30-24(22)26(31)32/h6-16,25H,5H2,1-4H3,(H,29,30)/t25-/m1/s1. The molecule has 0 radical (unpaired) electrons. The molecular formula is C28H27N3O4. The highest BCUT2D eigenvalue weighted by atomic mass is 16.5. The van der Waals surface area contributed by atoms with Crippen molar-refractivity contribution in [3.8, 4) is 11.5 Å². The van der Waals surface area contributed by atoms with Gasteiger partial charge >= 0.3 is 5.97 Å². The summed E-state index contributed by atoms with van der Waals surface area (Å²) in [5.41, 5.74) is 5.06. The zero-order valence-electron chi connectivity index (χ0n) is 20.2. The molecule has 178 valence electrons. The maximum absolute atomic E-state index is 13.6. The van der Waals surface area contributed by atoms with E-state index in [0.29, 0.717) is 35.0 Å². The molecule has 7 nitrogen and oxygen atoms in total. The molecule has 0 unspecified atom stereocenters. The van der Waals surface area contributed by atoms with Crippen LogP contribution in [0.4, 0.5) is 5.69 Å². The molecule has 4 aromatic rings. The van der Waals surface area contributed by atoms with Crippen LogP contribution in [0.5, 0.6) is 0 Å². The number of aromatic amines is 1. The van der Waals surface area contributed by atoms with Crippen LogP contribution < -0.4 is 4.90 Å². The number of carbonyl (C=O) groups is 2. The lowest BCUT2D eigenvalue weighted by molar-refractivity contribution is 0.0526. The topological polar surface area (TPSA) is 88.4 Å². The van der Waals surface area contributed by atoms with Gasteiger partial charge in [-0.3, -0.25) is 14.8 Å². The lowest BCUT2D eigenvalue weighted by Gasteiger charge is -2.27. The summed E-state index contributed by atoms with van der Waals surface area (Å²) in [5, 5.41) is 7.36. The van der Waals surface area contributed by atoms with Gasteiger partial charge in [0.25, 0.3) is 5.91 Å². The Morgan fingerprint density at radius 2 is 1.80 bits per heavy atom. The van der Waals surface area contributed by atoms with Crippen LogP contribution >= 0.6 is 0 Å². The third kappa shape index (κ3) is 3.93. The van der Waals surface area contributed by atoms with Crippen LogP contribution in [-0.4, -0.2) is 28.7 Å². The molecule has 0 bridgehead atoms. The van der Waals surface area contributed by atoms with Crippen molar-refractivity contribution in [2.75, 3.05) is 11.5 Å². The summed E-state index contributed by atoms with van der Waals surface area (Å²) in [5.74, 6) is -0.000384. The molecule has 5 rings (SSSR count). The Balaban J connectivity index is 1.62. The molecule has 1 aliphatic heterocycles. The summed E-state index contributed by atoms with van der Waals surface area (Å²) < 4.78 is 10.7. The Bertz CT molecular complexity index is 1360. The normalized spacial score (nSPS) is 15.4. The smallest absolute Gasteiger partial charge is 0.338 e. The summed E-state index contributed by atoms with van der Waals surface area (Å²) in [7, 11) is 0. The summed E-state index contributed by atoms with van der Waals surface area (Å²) in [6.45, 7) is 8.57. The monoisotopic (exact) mass is 469 g/mol. The van der Waals surface area contributed by atoms with Crippen molar-refractivity contribution < 1.29 is 18.7 Å². The van der Waals surface area contributed by atoms with Crippen LogP contribution in [0.3, 0.4) is 0 Å². The lowest BCUT2D eigenvalue weighted by Crippen LogP contribution is -2.29. The molecule has 2 aromatic heterocycles. The number of fused-ring (bicyclic) bond motifs is 1. The van der Waals surface area contributed by atoms with Gasteiger partial charge in [-0.25, -0.2) is 4.79 Å². The van der Waals surface area contributed by atoms with Crippen molar-refractivity contribution in [3.63, 3.8) is 0 Å². The van der Waals surface area contributed by atoms with Crippen LogP contribution in [0.2, 0.25) is 0 Å². The van der Waals surface area contributed by atoms with Crippen molar-refractivity contribution in [1.82, 2.24) is 10.2 Å². The van der Waals surface area contributed by atoms with E-state index < -0.39 is 12.0 Å². The van der Waals surface area contributed by atoms with E-state index >= 15 is 0 Å². The fourth-order valence-corrected chi connectivity index (χ4v) is 4.47. The van der Waals surface area contributed by atoms with Gasteiger partial charge in [-0.15, -0.1) is 0 Å². The van der Waals surface area contributed by atoms with Gasteiger partial charge in [0.05, 0.1) is 24.5 Å². The number of rotatable bonds is 5. The Morgan fingerprint density at radius 3 is 2.40 bits per heavy atom.